The van der Waals surface area contributed by atoms with Gasteiger partial charge >= 0.3 is 24.0 Å². The lowest BCUT2D eigenvalue weighted by Gasteiger charge is -2.14. The average Bonchev–Trinajstić information content (AvgIpc) is 2.32. The number of hydrogen-bond donors (Lipinski definition) is 5. The number of aliphatic carboxylic acids is 2. The highest BCUT2D eigenvalue weighted by Gasteiger charge is 2.22. The molecule has 0 saturated carbocycles. The summed E-state index contributed by atoms with van der Waals surface area (Å²) >= 11 is 0. The van der Waals surface area contributed by atoms with E-state index in [9.17, 15) is 19.2 Å². The van der Waals surface area contributed by atoms with Gasteiger partial charge in [-0.2, -0.15) is 0 Å². The van der Waals surface area contributed by atoms with Gasteiger partial charge in [0.05, 0.1) is 6.42 Å². The summed E-state index contributed by atoms with van der Waals surface area (Å²) in [6, 6.07) is -2.66. The minimum Gasteiger partial charge on any atom is -0.481 e. The Morgan fingerprint density at radius 2 is 1.60 bits per heavy atom. The number of amides is 4. The molecular weight excluding hydrogens is 272 g/mol. The lowest BCUT2D eigenvalue weighted by Crippen LogP contribution is -2.48. The number of carboxylic acid groups (broad SMARTS) is 2. The van der Waals surface area contributed by atoms with E-state index in [1.165, 1.54) is 4.90 Å². The number of rotatable bonds is 7. The second kappa shape index (κ2) is 8.56. The van der Waals surface area contributed by atoms with Crippen LogP contribution in [0.1, 0.15) is 6.42 Å². The largest absolute Gasteiger partial charge is 0.481 e. The molecule has 0 bridgehead atoms. The Labute approximate surface area is 115 Å². The zero-order valence-corrected chi connectivity index (χ0v) is 11.2. The number of carbonyl (C=O) groups excluding carboxylic acids is 2. The summed E-state index contributed by atoms with van der Waals surface area (Å²) in [5.41, 5.74) is 0. The molecule has 0 aliphatic carbocycles. The topological polar surface area (TPSA) is 148 Å². The number of nitrogens with zero attached hydrogens (tertiary/aromatic N) is 1. The summed E-state index contributed by atoms with van der Waals surface area (Å²) in [6.07, 6.45) is -0.722. The van der Waals surface area contributed by atoms with Crippen LogP contribution >= 0.6 is 0 Å². The maximum absolute atomic E-state index is 11.3. The van der Waals surface area contributed by atoms with Crippen molar-refractivity contribution in [2.75, 3.05) is 27.2 Å². The maximum Gasteiger partial charge on any atom is 0.326 e. The fourth-order valence-electron chi connectivity index (χ4n) is 1.09. The third-order valence-corrected chi connectivity index (χ3v) is 2.08. The van der Waals surface area contributed by atoms with Gasteiger partial charge in [-0.1, -0.05) is 0 Å². The molecule has 0 spiro atoms. The second-order valence-electron chi connectivity index (χ2n) is 4.02. The van der Waals surface area contributed by atoms with Gasteiger partial charge in [0.1, 0.15) is 6.04 Å². The highest BCUT2D eigenvalue weighted by atomic mass is 16.4. The SMILES string of the molecule is CN(C)C(=O)NCCNC(=O)NC(CC(=O)O)C(=O)O. The van der Waals surface area contributed by atoms with E-state index in [-0.39, 0.29) is 19.1 Å². The highest BCUT2D eigenvalue weighted by molar-refractivity contribution is 5.86. The Hall–Kier alpha value is -2.52. The summed E-state index contributed by atoms with van der Waals surface area (Å²) < 4.78 is 0. The number of hydrogen-bond acceptors (Lipinski definition) is 4. The molecule has 1 atom stereocenters. The van der Waals surface area contributed by atoms with Crippen molar-refractivity contribution in [2.24, 2.45) is 0 Å². The zero-order chi connectivity index (χ0) is 15.7. The lowest BCUT2D eigenvalue weighted by atomic mass is 10.2. The molecule has 0 fully saturated rings. The predicted octanol–water partition coefficient (Wildman–Crippen LogP) is -1.52. The maximum atomic E-state index is 11.3. The first-order valence-corrected chi connectivity index (χ1v) is 5.68. The Morgan fingerprint density at radius 3 is 2.05 bits per heavy atom. The minimum atomic E-state index is -1.51. The number of carbonyl (C=O) groups is 4. The van der Waals surface area contributed by atoms with Crippen molar-refractivity contribution in [3.05, 3.63) is 0 Å². The third-order valence-electron chi connectivity index (χ3n) is 2.08. The van der Waals surface area contributed by atoms with Gasteiger partial charge in [0.15, 0.2) is 0 Å². The molecule has 0 aromatic rings. The molecule has 0 heterocycles. The molecule has 0 rings (SSSR count). The lowest BCUT2D eigenvalue weighted by molar-refractivity contribution is -0.145. The van der Waals surface area contributed by atoms with Gasteiger partial charge in [-0.25, -0.2) is 14.4 Å². The molecule has 10 nitrogen and oxygen atoms in total. The van der Waals surface area contributed by atoms with Gasteiger partial charge < -0.3 is 31.1 Å². The molecule has 0 saturated heterocycles. The molecule has 114 valence electrons. The summed E-state index contributed by atoms with van der Waals surface area (Å²) in [7, 11) is 3.11. The van der Waals surface area contributed by atoms with Crippen molar-refractivity contribution < 1.29 is 29.4 Å². The van der Waals surface area contributed by atoms with Crippen LogP contribution in [-0.2, 0) is 9.59 Å². The van der Waals surface area contributed by atoms with Crippen molar-refractivity contribution in [1.82, 2.24) is 20.9 Å². The molecule has 0 aromatic carbocycles. The van der Waals surface area contributed by atoms with E-state index >= 15 is 0 Å². The van der Waals surface area contributed by atoms with Gasteiger partial charge in [0.25, 0.3) is 0 Å². The number of urea groups is 2. The summed E-state index contributed by atoms with van der Waals surface area (Å²) in [6.45, 7) is 0.228. The summed E-state index contributed by atoms with van der Waals surface area (Å²) in [5, 5.41) is 24.0. The van der Waals surface area contributed by atoms with Gasteiger partial charge in [0.2, 0.25) is 0 Å². The first-order chi connectivity index (χ1) is 9.23. The Bertz CT molecular complexity index is 384. The van der Waals surface area contributed by atoms with Gasteiger partial charge in [-0.05, 0) is 0 Å². The normalized spacial score (nSPS) is 11.1. The number of carboxylic acids is 2. The van der Waals surface area contributed by atoms with E-state index in [1.54, 1.807) is 14.1 Å². The van der Waals surface area contributed by atoms with Crippen LogP contribution in [-0.4, -0.2) is 72.3 Å². The van der Waals surface area contributed by atoms with Gasteiger partial charge in [-0.3, -0.25) is 4.79 Å². The number of nitrogens with one attached hydrogen (secondary N) is 3. The Kier molecular flexibility index (Phi) is 7.48. The van der Waals surface area contributed by atoms with Crippen LogP contribution in [0.4, 0.5) is 9.59 Å². The fourth-order valence-corrected chi connectivity index (χ4v) is 1.09. The van der Waals surface area contributed by atoms with Crippen molar-refractivity contribution in [2.45, 2.75) is 12.5 Å². The molecule has 0 aliphatic heterocycles. The third kappa shape index (κ3) is 7.74. The zero-order valence-electron chi connectivity index (χ0n) is 11.2. The van der Waals surface area contributed by atoms with Crippen LogP contribution in [0.15, 0.2) is 0 Å². The first-order valence-electron chi connectivity index (χ1n) is 5.68. The molecule has 0 aromatic heterocycles. The molecule has 5 N–H and O–H groups in total. The monoisotopic (exact) mass is 290 g/mol. The minimum absolute atomic E-state index is 0.0742. The first kappa shape index (κ1) is 17.5. The molecule has 0 aliphatic rings. The van der Waals surface area contributed by atoms with Crippen LogP contribution in [0, 0.1) is 0 Å². The van der Waals surface area contributed by atoms with Gasteiger partial charge in [-0.15, -0.1) is 0 Å². The van der Waals surface area contributed by atoms with E-state index in [0.29, 0.717) is 0 Å². The molecule has 20 heavy (non-hydrogen) atoms. The Morgan fingerprint density at radius 1 is 1.05 bits per heavy atom. The van der Waals surface area contributed by atoms with Gasteiger partial charge in [0, 0.05) is 27.2 Å². The van der Waals surface area contributed by atoms with Crippen LogP contribution in [0.2, 0.25) is 0 Å². The van der Waals surface area contributed by atoms with Crippen LogP contribution in [0.25, 0.3) is 0 Å². The Balaban J connectivity index is 4.00. The van der Waals surface area contributed by atoms with E-state index in [0.717, 1.165) is 0 Å². The molecule has 0 radical (unpaired) electrons. The van der Waals surface area contributed by atoms with E-state index < -0.39 is 30.4 Å². The van der Waals surface area contributed by atoms with E-state index in [4.69, 9.17) is 10.2 Å². The average molecular weight is 290 g/mol. The van der Waals surface area contributed by atoms with Crippen molar-refractivity contribution in [3.8, 4) is 0 Å². The van der Waals surface area contributed by atoms with Crippen LogP contribution in [0.3, 0.4) is 0 Å². The molecule has 10 heteroatoms. The second-order valence-corrected chi connectivity index (χ2v) is 4.02. The summed E-state index contributed by atoms with van der Waals surface area (Å²) in [4.78, 5) is 44.9. The van der Waals surface area contributed by atoms with Crippen molar-refractivity contribution in [3.63, 3.8) is 0 Å². The van der Waals surface area contributed by atoms with E-state index in [1.807, 2.05) is 5.32 Å². The summed E-state index contributed by atoms with van der Waals surface area (Å²) in [5.74, 6) is -2.78. The fraction of sp³-hybridized carbons (Fsp3) is 0.600. The smallest absolute Gasteiger partial charge is 0.326 e. The predicted molar refractivity (Wildman–Crippen MR) is 67.3 cm³/mol. The van der Waals surface area contributed by atoms with Crippen LogP contribution < -0.4 is 16.0 Å². The molecule has 4 amide bonds. The van der Waals surface area contributed by atoms with E-state index in [2.05, 4.69) is 10.6 Å². The quantitative estimate of drug-likeness (QED) is 0.360. The molecule has 1 unspecified atom stereocenters. The van der Waals surface area contributed by atoms with Crippen molar-refractivity contribution in [1.29, 1.82) is 0 Å². The van der Waals surface area contributed by atoms with Crippen molar-refractivity contribution >= 4 is 24.0 Å². The highest BCUT2D eigenvalue weighted by Crippen LogP contribution is 1.92. The standard InChI is InChI=1S/C10H18N4O6/c1-14(2)10(20)12-4-3-11-9(19)13-6(8(17)18)5-7(15)16/h6H,3-5H2,1-2H3,(H,12,20)(H,15,16)(H,17,18)(H2,11,13,19). The van der Waals surface area contributed by atoms with Crippen LogP contribution in [0.5, 0.6) is 0 Å². The molecular formula is C10H18N4O6.